The Morgan fingerprint density at radius 2 is 1.90 bits per heavy atom. The Morgan fingerprint density at radius 3 is 2.60 bits per heavy atom. The number of carbonyl (C=O) groups excluding carboxylic acids is 1. The molecule has 1 aliphatic heterocycles. The molecular formula is C20H15ClF4N4O. The first-order valence-electron chi connectivity index (χ1n) is 9.01. The van der Waals surface area contributed by atoms with Gasteiger partial charge in [-0.3, -0.25) is 4.79 Å². The molecule has 0 aliphatic carbocycles. The Kier molecular flexibility index (Phi) is 5.01. The molecule has 0 saturated heterocycles. The first kappa shape index (κ1) is 20.3. The molecular weight excluding hydrogens is 424 g/mol. The highest BCUT2D eigenvalue weighted by Crippen LogP contribution is 2.37. The first-order chi connectivity index (χ1) is 14.2. The average Bonchev–Trinajstić information content (AvgIpc) is 3.08. The lowest BCUT2D eigenvalue weighted by molar-refractivity contribution is -0.137. The van der Waals surface area contributed by atoms with Gasteiger partial charge in [-0.25, -0.2) is 4.39 Å². The third-order valence-corrected chi connectivity index (χ3v) is 5.40. The summed E-state index contributed by atoms with van der Waals surface area (Å²) in [6, 6.07) is 8.79. The van der Waals surface area contributed by atoms with Gasteiger partial charge in [0, 0.05) is 18.2 Å². The van der Waals surface area contributed by atoms with Gasteiger partial charge in [0.1, 0.15) is 5.82 Å². The van der Waals surface area contributed by atoms with Gasteiger partial charge in [0.05, 0.1) is 22.7 Å². The maximum Gasteiger partial charge on any atom is 0.417 e. The molecule has 30 heavy (non-hydrogen) atoms. The summed E-state index contributed by atoms with van der Waals surface area (Å²) in [4.78, 5) is 14.4. The molecule has 5 nitrogen and oxygen atoms in total. The third-order valence-electron chi connectivity index (χ3n) is 5.00. The summed E-state index contributed by atoms with van der Waals surface area (Å²) < 4.78 is 54.8. The number of carbonyl (C=O) groups is 1. The molecule has 4 rings (SSSR count). The maximum absolute atomic E-state index is 13.6. The lowest BCUT2D eigenvalue weighted by Gasteiger charge is -2.34. The lowest BCUT2D eigenvalue weighted by atomic mass is 10.1. The second kappa shape index (κ2) is 7.39. The van der Waals surface area contributed by atoms with Crippen LogP contribution in [-0.2, 0) is 19.3 Å². The maximum atomic E-state index is 13.6. The number of aromatic nitrogens is 3. The van der Waals surface area contributed by atoms with Crippen molar-refractivity contribution in [2.75, 3.05) is 0 Å². The minimum Gasteiger partial charge on any atom is -0.327 e. The van der Waals surface area contributed by atoms with Gasteiger partial charge in [-0.05, 0) is 31.2 Å². The largest absolute Gasteiger partial charge is 0.417 e. The van der Waals surface area contributed by atoms with Crippen LogP contribution in [0.3, 0.4) is 0 Å². The van der Waals surface area contributed by atoms with E-state index in [1.807, 2.05) is 0 Å². The molecule has 156 valence electrons. The Labute approximate surface area is 173 Å². The molecule has 1 aliphatic rings. The number of nitrogens with zero attached hydrogens (tertiary/aromatic N) is 4. The topological polar surface area (TPSA) is 51.0 Å². The van der Waals surface area contributed by atoms with E-state index in [1.165, 1.54) is 23.1 Å². The van der Waals surface area contributed by atoms with Crippen LogP contribution in [0.25, 0.3) is 11.4 Å². The number of alkyl halides is 3. The van der Waals surface area contributed by atoms with E-state index in [4.69, 9.17) is 11.6 Å². The van der Waals surface area contributed by atoms with Crippen molar-refractivity contribution in [3.05, 3.63) is 70.3 Å². The van der Waals surface area contributed by atoms with Crippen LogP contribution in [0.1, 0.15) is 28.7 Å². The number of fused-ring (bicyclic) bond motifs is 1. The van der Waals surface area contributed by atoms with E-state index in [9.17, 15) is 22.4 Å². The van der Waals surface area contributed by atoms with E-state index in [0.29, 0.717) is 23.8 Å². The summed E-state index contributed by atoms with van der Waals surface area (Å²) in [5.74, 6) is -0.130. The number of hydrogen-bond acceptors (Lipinski definition) is 3. The fourth-order valence-electron chi connectivity index (χ4n) is 3.50. The minimum absolute atomic E-state index is 0.0366. The van der Waals surface area contributed by atoms with Crippen molar-refractivity contribution in [3.8, 4) is 11.4 Å². The van der Waals surface area contributed by atoms with Crippen LogP contribution in [0.5, 0.6) is 0 Å². The molecule has 1 aromatic heterocycles. The van der Waals surface area contributed by atoms with Crippen molar-refractivity contribution < 1.29 is 22.4 Å². The summed E-state index contributed by atoms with van der Waals surface area (Å²) >= 11 is 5.92. The molecule has 3 aromatic rings. The van der Waals surface area contributed by atoms with E-state index < -0.39 is 28.5 Å². The van der Waals surface area contributed by atoms with Gasteiger partial charge in [-0.1, -0.05) is 29.8 Å². The Bertz CT molecular complexity index is 1130. The predicted octanol–water partition coefficient (Wildman–Crippen LogP) is 4.80. The summed E-state index contributed by atoms with van der Waals surface area (Å²) in [6.07, 6.45) is -4.67. The van der Waals surface area contributed by atoms with E-state index in [0.717, 1.165) is 12.1 Å². The molecule has 0 radical (unpaired) electrons. The molecule has 0 spiro atoms. The Hall–Kier alpha value is -2.94. The van der Waals surface area contributed by atoms with Crippen molar-refractivity contribution in [1.29, 1.82) is 0 Å². The zero-order valence-electron chi connectivity index (χ0n) is 15.6. The van der Waals surface area contributed by atoms with Gasteiger partial charge >= 0.3 is 6.18 Å². The predicted molar refractivity (Wildman–Crippen MR) is 101 cm³/mol. The minimum atomic E-state index is -4.67. The summed E-state index contributed by atoms with van der Waals surface area (Å²) in [5, 5.41) is 7.56. The molecule has 2 heterocycles. The van der Waals surface area contributed by atoms with Crippen LogP contribution in [0, 0.1) is 5.82 Å². The molecule has 0 bridgehead atoms. The van der Waals surface area contributed by atoms with Crippen molar-refractivity contribution in [3.63, 3.8) is 0 Å². The highest BCUT2D eigenvalue weighted by molar-refractivity contribution is 6.34. The van der Waals surface area contributed by atoms with Crippen LogP contribution >= 0.6 is 11.6 Å². The zero-order chi connectivity index (χ0) is 21.6. The summed E-state index contributed by atoms with van der Waals surface area (Å²) in [7, 11) is 0. The number of rotatable bonds is 2. The van der Waals surface area contributed by atoms with Crippen LogP contribution in [0.2, 0.25) is 5.02 Å². The number of amides is 1. The van der Waals surface area contributed by atoms with Crippen molar-refractivity contribution >= 4 is 17.5 Å². The molecule has 0 fully saturated rings. The molecule has 10 heteroatoms. The second-order valence-corrected chi connectivity index (χ2v) is 7.39. The fraction of sp³-hybridized carbons (Fsp3) is 0.250. The second-order valence-electron chi connectivity index (χ2n) is 7.01. The standard InChI is InChI=1S/C20H15ClF4N4O/c1-11-9-29-16(26-27-18(29)12-4-2-5-13(22)8-12)10-28(11)19(30)14-6-3-7-15(17(14)21)20(23,24)25/h2-8,11H,9-10H2,1H3. The van der Waals surface area contributed by atoms with Gasteiger partial charge in [0.15, 0.2) is 11.6 Å². The van der Waals surface area contributed by atoms with E-state index in [2.05, 4.69) is 10.2 Å². The first-order valence-corrected chi connectivity index (χ1v) is 9.39. The van der Waals surface area contributed by atoms with Crippen molar-refractivity contribution in [1.82, 2.24) is 19.7 Å². The molecule has 1 unspecified atom stereocenters. The smallest absolute Gasteiger partial charge is 0.327 e. The SMILES string of the molecule is CC1Cn2c(nnc2-c2cccc(F)c2)CN1C(=O)c1cccc(C(F)(F)F)c1Cl. The molecule has 0 saturated carbocycles. The quantitative estimate of drug-likeness (QED) is 0.540. The summed E-state index contributed by atoms with van der Waals surface area (Å²) in [6.45, 7) is 2.10. The van der Waals surface area contributed by atoms with Crippen LogP contribution < -0.4 is 0 Å². The molecule has 1 atom stereocenters. The fourth-order valence-corrected chi connectivity index (χ4v) is 3.81. The van der Waals surface area contributed by atoms with E-state index in [-0.39, 0.29) is 18.2 Å². The normalized spacial score (nSPS) is 16.5. The number of halogens is 5. The van der Waals surface area contributed by atoms with Crippen LogP contribution in [0.15, 0.2) is 42.5 Å². The van der Waals surface area contributed by atoms with Crippen molar-refractivity contribution in [2.24, 2.45) is 0 Å². The molecule has 1 amide bonds. The number of benzene rings is 2. The van der Waals surface area contributed by atoms with Crippen LogP contribution in [-0.4, -0.2) is 31.6 Å². The average molecular weight is 439 g/mol. The Balaban J connectivity index is 1.66. The highest BCUT2D eigenvalue weighted by Gasteiger charge is 2.37. The third kappa shape index (κ3) is 3.54. The highest BCUT2D eigenvalue weighted by atomic mass is 35.5. The van der Waals surface area contributed by atoms with Gasteiger partial charge in [0.2, 0.25) is 0 Å². The van der Waals surface area contributed by atoms with Crippen LogP contribution in [0.4, 0.5) is 17.6 Å². The summed E-state index contributed by atoms with van der Waals surface area (Å²) in [5.41, 5.74) is -0.741. The van der Waals surface area contributed by atoms with Gasteiger partial charge in [-0.2, -0.15) is 13.2 Å². The van der Waals surface area contributed by atoms with Gasteiger partial charge in [0.25, 0.3) is 5.91 Å². The van der Waals surface area contributed by atoms with Gasteiger partial charge < -0.3 is 9.47 Å². The molecule has 2 aromatic carbocycles. The molecule has 0 N–H and O–H groups in total. The van der Waals surface area contributed by atoms with E-state index >= 15 is 0 Å². The van der Waals surface area contributed by atoms with E-state index in [1.54, 1.807) is 23.6 Å². The monoisotopic (exact) mass is 438 g/mol. The Morgan fingerprint density at radius 1 is 1.17 bits per heavy atom. The van der Waals surface area contributed by atoms with Crippen molar-refractivity contribution in [2.45, 2.75) is 32.2 Å². The zero-order valence-corrected chi connectivity index (χ0v) is 16.4. The lowest BCUT2D eigenvalue weighted by Crippen LogP contribution is -2.45. The number of hydrogen-bond donors (Lipinski definition) is 0. The van der Waals surface area contributed by atoms with Gasteiger partial charge in [-0.15, -0.1) is 10.2 Å².